The summed E-state index contributed by atoms with van der Waals surface area (Å²) in [6.45, 7) is 0.789. The second kappa shape index (κ2) is 3.87. The van der Waals surface area contributed by atoms with Gasteiger partial charge in [0.05, 0.1) is 6.54 Å². The Bertz CT molecular complexity index is 383. The molecule has 2 rings (SSSR count). The maximum atomic E-state index is 4.20. The number of hydrogen-bond acceptors (Lipinski definition) is 2. The summed E-state index contributed by atoms with van der Waals surface area (Å²) in [5.41, 5.74) is 1.24. The molecule has 0 saturated heterocycles. The van der Waals surface area contributed by atoms with Crippen LogP contribution in [-0.4, -0.2) is 14.8 Å². The van der Waals surface area contributed by atoms with Crippen LogP contribution in [0.2, 0.25) is 0 Å². The Hall–Kier alpha value is -0.910. The van der Waals surface area contributed by atoms with E-state index in [0.717, 1.165) is 10.4 Å². The van der Waals surface area contributed by atoms with E-state index in [0.29, 0.717) is 0 Å². The summed E-state index contributed by atoms with van der Waals surface area (Å²) < 4.78 is 2.62. The van der Waals surface area contributed by atoms with E-state index in [1.807, 2.05) is 22.9 Å². The van der Waals surface area contributed by atoms with Crippen molar-refractivity contribution in [1.82, 2.24) is 14.8 Å². The van der Waals surface area contributed by atoms with Gasteiger partial charge in [-0.15, -0.1) is 5.10 Å². The molecule has 0 radical (unpaired) electrons. The van der Waals surface area contributed by atoms with E-state index in [2.05, 4.69) is 44.8 Å². The van der Waals surface area contributed by atoms with Crippen molar-refractivity contribution in [3.63, 3.8) is 0 Å². The molecule has 1 aromatic carbocycles. The minimum Gasteiger partial charge on any atom is -0.247 e. The van der Waals surface area contributed by atoms with Crippen LogP contribution in [0.5, 0.6) is 0 Å². The van der Waals surface area contributed by atoms with Crippen LogP contribution >= 0.6 is 22.6 Å². The van der Waals surface area contributed by atoms with Gasteiger partial charge in [0.2, 0.25) is 3.83 Å². The van der Waals surface area contributed by atoms with Crippen molar-refractivity contribution in [3.05, 3.63) is 46.1 Å². The Morgan fingerprint density at radius 2 is 2.00 bits per heavy atom. The Balaban J connectivity index is 2.15. The van der Waals surface area contributed by atoms with E-state index >= 15 is 0 Å². The van der Waals surface area contributed by atoms with Crippen LogP contribution in [0.15, 0.2) is 36.7 Å². The highest BCUT2D eigenvalue weighted by Gasteiger charge is 1.96. The van der Waals surface area contributed by atoms with E-state index in [9.17, 15) is 0 Å². The summed E-state index contributed by atoms with van der Waals surface area (Å²) in [5, 5.41) is 4.20. The fourth-order valence-corrected chi connectivity index (χ4v) is 1.52. The lowest BCUT2D eigenvalue weighted by atomic mass is 10.2. The number of halogens is 1. The van der Waals surface area contributed by atoms with Gasteiger partial charge in [-0.2, -0.15) is 0 Å². The minimum absolute atomic E-state index is 0.786. The largest absolute Gasteiger partial charge is 0.247 e. The molecule has 0 unspecified atom stereocenters. The monoisotopic (exact) mass is 285 g/mol. The number of hydrogen-bond donors (Lipinski definition) is 0. The third-order valence-corrected chi connectivity index (χ3v) is 2.19. The van der Waals surface area contributed by atoms with Gasteiger partial charge in [0.25, 0.3) is 0 Å². The second-order valence-corrected chi connectivity index (χ2v) is 3.66. The maximum Gasteiger partial charge on any atom is 0.211 e. The summed E-state index contributed by atoms with van der Waals surface area (Å²) in [6, 6.07) is 10.2. The molecule has 2 aromatic rings. The first-order valence-corrected chi connectivity index (χ1v) is 5.01. The Morgan fingerprint density at radius 3 is 2.62 bits per heavy atom. The molecule has 0 bridgehead atoms. The Kier molecular flexibility index (Phi) is 2.58. The number of benzene rings is 1. The van der Waals surface area contributed by atoms with Gasteiger partial charge in [0.1, 0.15) is 6.33 Å². The maximum absolute atomic E-state index is 4.20. The molecule has 0 atom stereocenters. The molecule has 0 aliphatic carbocycles. The highest BCUT2D eigenvalue weighted by atomic mass is 127. The van der Waals surface area contributed by atoms with Gasteiger partial charge in [0.15, 0.2) is 0 Å². The van der Waals surface area contributed by atoms with Crippen LogP contribution in [-0.2, 0) is 6.54 Å². The molecule has 66 valence electrons. The molecule has 1 heterocycles. The van der Waals surface area contributed by atoms with Crippen molar-refractivity contribution in [3.8, 4) is 0 Å². The summed E-state index contributed by atoms with van der Waals surface area (Å²) >= 11 is 2.10. The smallest absolute Gasteiger partial charge is 0.211 e. The van der Waals surface area contributed by atoms with Gasteiger partial charge >= 0.3 is 0 Å². The summed E-state index contributed by atoms with van der Waals surface area (Å²) in [4.78, 5) is 4.05. The average Bonchev–Trinajstić information content (AvgIpc) is 2.53. The van der Waals surface area contributed by atoms with E-state index in [1.165, 1.54) is 5.56 Å². The molecule has 0 spiro atoms. The average molecular weight is 285 g/mol. The van der Waals surface area contributed by atoms with Gasteiger partial charge in [-0.1, -0.05) is 30.3 Å². The second-order valence-electron chi connectivity index (χ2n) is 2.70. The van der Waals surface area contributed by atoms with Gasteiger partial charge in [0, 0.05) is 22.6 Å². The minimum atomic E-state index is 0.786. The Morgan fingerprint density at radius 1 is 1.23 bits per heavy atom. The molecule has 0 N–H and O–H groups in total. The summed E-state index contributed by atoms with van der Waals surface area (Å²) in [6.07, 6.45) is 1.74. The molecule has 0 aliphatic rings. The zero-order chi connectivity index (χ0) is 9.10. The van der Waals surface area contributed by atoms with Crippen molar-refractivity contribution in [2.24, 2.45) is 0 Å². The summed E-state index contributed by atoms with van der Waals surface area (Å²) in [5.74, 6) is 0. The lowest BCUT2D eigenvalue weighted by Gasteiger charge is -1.98. The lowest BCUT2D eigenvalue weighted by molar-refractivity contribution is 0.680. The normalized spacial score (nSPS) is 10.2. The first-order valence-electron chi connectivity index (χ1n) is 3.93. The van der Waals surface area contributed by atoms with Crippen molar-refractivity contribution in [2.45, 2.75) is 6.54 Å². The number of rotatable bonds is 2. The summed E-state index contributed by atoms with van der Waals surface area (Å²) in [7, 11) is 0. The van der Waals surface area contributed by atoms with E-state index in [4.69, 9.17) is 0 Å². The molecule has 0 saturated carbocycles. The fraction of sp³-hybridized carbons (Fsp3) is 0.111. The molecular weight excluding hydrogens is 277 g/mol. The fourth-order valence-electron chi connectivity index (χ4n) is 1.12. The van der Waals surface area contributed by atoms with Gasteiger partial charge < -0.3 is 0 Å². The van der Waals surface area contributed by atoms with Gasteiger partial charge in [-0.3, -0.25) is 0 Å². The molecule has 13 heavy (non-hydrogen) atoms. The molecule has 0 amide bonds. The highest BCUT2D eigenvalue weighted by Crippen LogP contribution is 2.01. The third kappa shape index (κ3) is 2.27. The molecule has 1 aromatic heterocycles. The third-order valence-electron chi connectivity index (χ3n) is 1.70. The quantitative estimate of drug-likeness (QED) is 0.789. The van der Waals surface area contributed by atoms with Crippen molar-refractivity contribution in [1.29, 1.82) is 0 Å². The van der Waals surface area contributed by atoms with E-state index in [-0.39, 0.29) is 0 Å². The SMILES string of the molecule is Ic1ncn(Cc2ccccc2)n1. The number of nitrogens with zero attached hydrogens (tertiary/aromatic N) is 3. The molecule has 0 aliphatic heterocycles. The van der Waals surface area contributed by atoms with E-state index < -0.39 is 0 Å². The van der Waals surface area contributed by atoms with Crippen LogP contribution < -0.4 is 0 Å². The van der Waals surface area contributed by atoms with Gasteiger partial charge in [-0.05, 0) is 5.56 Å². The first kappa shape index (κ1) is 8.68. The molecular formula is C9H8IN3. The predicted octanol–water partition coefficient (Wildman–Crippen LogP) is 1.93. The van der Waals surface area contributed by atoms with Crippen molar-refractivity contribution >= 4 is 22.6 Å². The van der Waals surface area contributed by atoms with E-state index in [1.54, 1.807) is 6.33 Å². The zero-order valence-electron chi connectivity index (χ0n) is 6.89. The topological polar surface area (TPSA) is 30.7 Å². The lowest BCUT2D eigenvalue weighted by Crippen LogP contribution is -1.99. The van der Waals surface area contributed by atoms with Crippen molar-refractivity contribution < 1.29 is 0 Å². The molecule has 3 nitrogen and oxygen atoms in total. The first-order chi connectivity index (χ1) is 6.34. The molecule has 4 heteroatoms. The zero-order valence-corrected chi connectivity index (χ0v) is 9.05. The number of aromatic nitrogens is 3. The van der Waals surface area contributed by atoms with Crippen molar-refractivity contribution in [2.75, 3.05) is 0 Å². The standard InChI is InChI=1S/C9H8IN3/c10-9-11-7-13(12-9)6-8-4-2-1-3-5-8/h1-5,7H,6H2. The van der Waals surface area contributed by atoms with Crippen LogP contribution in [0.3, 0.4) is 0 Å². The van der Waals surface area contributed by atoms with Gasteiger partial charge in [-0.25, -0.2) is 9.67 Å². The van der Waals surface area contributed by atoms with Crippen LogP contribution in [0.1, 0.15) is 5.56 Å². The van der Waals surface area contributed by atoms with Crippen LogP contribution in [0.25, 0.3) is 0 Å². The Labute approximate surface area is 89.9 Å². The predicted molar refractivity (Wildman–Crippen MR) is 58.3 cm³/mol. The van der Waals surface area contributed by atoms with Crippen LogP contribution in [0, 0.1) is 3.83 Å². The molecule has 0 fully saturated rings. The van der Waals surface area contributed by atoms with Crippen LogP contribution in [0.4, 0.5) is 0 Å². The highest BCUT2D eigenvalue weighted by molar-refractivity contribution is 14.1.